The highest BCUT2D eigenvalue weighted by atomic mass is 32.1. The third-order valence-corrected chi connectivity index (χ3v) is 1.76. The molecule has 1 rings (SSSR count). The van der Waals surface area contributed by atoms with E-state index in [1.807, 2.05) is 0 Å². The predicted octanol–water partition coefficient (Wildman–Crippen LogP) is 0.429. The average molecular weight is 143 g/mol. The molecule has 0 spiro atoms. The maximum absolute atomic E-state index is 5.30. The summed E-state index contributed by atoms with van der Waals surface area (Å²) < 4.78 is 0. The van der Waals surface area contributed by atoms with Gasteiger partial charge in [0.25, 0.3) is 0 Å². The first-order chi connectivity index (χ1) is 4.43. The minimum Gasteiger partial charge on any atom is -0.330 e. The second kappa shape index (κ2) is 3.53. The van der Waals surface area contributed by atoms with Crippen LogP contribution in [0.2, 0.25) is 0 Å². The summed E-state index contributed by atoms with van der Waals surface area (Å²) in [6, 6.07) is 0. The summed E-state index contributed by atoms with van der Waals surface area (Å²) in [5.74, 6) is 0. The fraction of sp³-hybridized carbons (Fsp3) is 0.600. The molecule has 50 valence electrons. The highest BCUT2D eigenvalue weighted by Crippen LogP contribution is 2.02. The van der Waals surface area contributed by atoms with Crippen molar-refractivity contribution in [2.75, 3.05) is 6.54 Å². The molecule has 0 aliphatic heterocycles. The van der Waals surface area contributed by atoms with Crippen LogP contribution in [0.15, 0.2) is 5.51 Å². The van der Waals surface area contributed by atoms with Gasteiger partial charge in [-0.2, -0.15) is 0 Å². The van der Waals surface area contributed by atoms with Crippen LogP contribution in [0.3, 0.4) is 0 Å². The van der Waals surface area contributed by atoms with Crippen LogP contribution in [0.4, 0.5) is 0 Å². The van der Waals surface area contributed by atoms with E-state index in [9.17, 15) is 0 Å². The first-order valence-electron chi connectivity index (χ1n) is 2.88. The molecule has 4 heteroatoms. The molecule has 0 bridgehead atoms. The van der Waals surface area contributed by atoms with E-state index in [-0.39, 0.29) is 0 Å². The monoisotopic (exact) mass is 143 g/mol. The smallest absolute Gasteiger partial charge is 0.117 e. The fourth-order valence-electron chi connectivity index (χ4n) is 0.558. The molecule has 1 aromatic heterocycles. The second-order valence-electron chi connectivity index (χ2n) is 1.72. The SMILES string of the molecule is NCCCc1nncs1. The Morgan fingerprint density at radius 1 is 1.67 bits per heavy atom. The minimum atomic E-state index is 0.736. The number of nitrogens with two attached hydrogens (primary N) is 1. The van der Waals surface area contributed by atoms with Gasteiger partial charge in [0, 0.05) is 6.42 Å². The van der Waals surface area contributed by atoms with Crippen LogP contribution in [0, 0.1) is 0 Å². The molecule has 0 radical (unpaired) electrons. The largest absolute Gasteiger partial charge is 0.330 e. The van der Waals surface area contributed by atoms with Crippen molar-refractivity contribution in [1.29, 1.82) is 0 Å². The van der Waals surface area contributed by atoms with Gasteiger partial charge in [-0.15, -0.1) is 21.5 Å². The Hall–Kier alpha value is -0.480. The van der Waals surface area contributed by atoms with E-state index in [4.69, 9.17) is 5.73 Å². The lowest BCUT2D eigenvalue weighted by atomic mass is 10.3. The van der Waals surface area contributed by atoms with Gasteiger partial charge in [0.2, 0.25) is 0 Å². The quantitative estimate of drug-likeness (QED) is 0.667. The van der Waals surface area contributed by atoms with E-state index in [0.717, 1.165) is 24.4 Å². The molecule has 3 nitrogen and oxygen atoms in total. The Kier molecular flexibility index (Phi) is 2.60. The molecule has 1 heterocycles. The summed E-state index contributed by atoms with van der Waals surface area (Å²) in [7, 11) is 0. The highest BCUT2D eigenvalue weighted by molar-refractivity contribution is 7.09. The molecule has 0 atom stereocenters. The van der Waals surface area contributed by atoms with E-state index in [0.29, 0.717) is 0 Å². The highest BCUT2D eigenvalue weighted by Gasteiger charge is 1.92. The standard InChI is InChI=1S/C5H9N3S/c6-3-1-2-5-8-7-4-9-5/h4H,1-3,6H2. The summed E-state index contributed by atoms with van der Waals surface area (Å²) in [5, 5.41) is 8.65. The van der Waals surface area contributed by atoms with E-state index in [1.54, 1.807) is 16.8 Å². The van der Waals surface area contributed by atoms with Crippen molar-refractivity contribution in [2.24, 2.45) is 5.73 Å². The van der Waals surface area contributed by atoms with E-state index < -0.39 is 0 Å². The third kappa shape index (κ3) is 2.07. The molecule has 0 aliphatic rings. The van der Waals surface area contributed by atoms with Gasteiger partial charge >= 0.3 is 0 Å². The van der Waals surface area contributed by atoms with E-state index >= 15 is 0 Å². The summed E-state index contributed by atoms with van der Waals surface area (Å²) in [6.45, 7) is 0.736. The third-order valence-electron chi connectivity index (χ3n) is 1.000. The molecule has 0 fully saturated rings. The summed E-state index contributed by atoms with van der Waals surface area (Å²) >= 11 is 1.59. The van der Waals surface area contributed by atoms with Crippen LogP contribution in [-0.2, 0) is 6.42 Å². The number of rotatable bonds is 3. The van der Waals surface area contributed by atoms with Gasteiger partial charge in [-0.05, 0) is 13.0 Å². The average Bonchev–Trinajstić information content (AvgIpc) is 2.34. The predicted molar refractivity (Wildman–Crippen MR) is 37.3 cm³/mol. The number of aromatic nitrogens is 2. The Morgan fingerprint density at radius 3 is 3.11 bits per heavy atom. The van der Waals surface area contributed by atoms with Crippen molar-refractivity contribution < 1.29 is 0 Å². The zero-order chi connectivity index (χ0) is 6.53. The minimum absolute atomic E-state index is 0.736. The number of hydrogen-bond acceptors (Lipinski definition) is 4. The van der Waals surface area contributed by atoms with Crippen LogP contribution in [0.25, 0.3) is 0 Å². The van der Waals surface area contributed by atoms with Crippen molar-refractivity contribution in [3.05, 3.63) is 10.5 Å². The Balaban J connectivity index is 2.30. The van der Waals surface area contributed by atoms with Crippen molar-refractivity contribution in [3.63, 3.8) is 0 Å². The number of aryl methyl sites for hydroxylation is 1. The number of nitrogens with zero attached hydrogens (tertiary/aromatic N) is 2. The van der Waals surface area contributed by atoms with Crippen molar-refractivity contribution in [2.45, 2.75) is 12.8 Å². The summed E-state index contributed by atoms with van der Waals surface area (Å²) in [4.78, 5) is 0. The lowest BCUT2D eigenvalue weighted by Gasteiger charge is -1.88. The summed E-state index contributed by atoms with van der Waals surface area (Å²) in [6.07, 6.45) is 1.98. The van der Waals surface area contributed by atoms with Crippen LogP contribution in [0.5, 0.6) is 0 Å². The zero-order valence-electron chi connectivity index (χ0n) is 5.08. The molecule has 0 saturated carbocycles. The zero-order valence-corrected chi connectivity index (χ0v) is 5.90. The molecule has 0 amide bonds. The van der Waals surface area contributed by atoms with Gasteiger partial charge in [-0.25, -0.2) is 0 Å². The first kappa shape index (κ1) is 6.64. The molecule has 0 saturated heterocycles. The molecule has 2 N–H and O–H groups in total. The Labute approximate surface area is 57.9 Å². The van der Waals surface area contributed by atoms with Gasteiger partial charge in [-0.1, -0.05) is 0 Å². The van der Waals surface area contributed by atoms with E-state index in [2.05, 4.69) is 10.2 Å². The van der Waals surface area contributed by atoms with Crippen molar-refractivity contribution in [1.82, 2.24) is 10.2 Å². The lowest BCUT2D eigenvalue weighted by Crippen LogP contribution is -1.99. The van der Waals surface area contributed by atoms with Gasteiger partial charge in [-0.3, -0.25) is 0 Å². The van der Waals surface area contributed by atoms with Crippen LogP contribution in [-0.4, -0.2) is 16.7 Å². The van der Waals surface area contributed by atoms with Crippen LogP contribution in [0.1, 0.15) is 11.4 Å². The Bertz CT molecular complexity index is 149. The lowest BCUT2D eigenvalue weighted by molar-refractivity contribution is 0.812. The van der Waals surface area contributed by atoms with Gasteiger partial charge in [0.15, 0.2) is 0 Å². The molecule has 0 aliphatic carbocycles. The van der Waals surface area contributed by atoms with Crippen molar-refractivity contribution >= 4 is 11.3 Å². The van der Waals surface area contributed by atoms with E-state index in [1.165, 1.54) is 0 Å². The number of hydrogen-bond donors (Lipinski definition) is 1. The van der Waals surface area contributed by atoms with Crippen LogP contribution >= 0.6 is 11.3 Å². The fourth-order valence-corrected chi connectivity index (χ4v) is 1.13. The van der Waals surface area contributed by atoms with Gasteiger partial charge in [0.05, 0.1) is 0 Å². The molecule has 9 heavy (non-hydrogen) atoms. The first-order valence-corrected chi connectivity index (χ1v) is 3.76. The molecule has 0 aromatic carbocycles. The normalized spacial score (nSPS) is 9.89. The molecular weight excluding hydrogens is 134 g/mol. The van der Waals surface area contributed by atoms with Gasteiger partial charge in [0.1, 0.15) is 10.5 Å². The second-order valence-corrected chi connectivity index (χ2v) is 2.64. The summed E-state index contributed by atoms with van der Waals surface area (Å²) in [5.41, 5.74) is 7.04. The van der Waals surface area contributed by atoms with Crippen LogP contribution < -0.4 is 5.73 Å². The molecular formula is C5H9N3S. The molecule has 1 aromatic rings. The van der Waals surface area contributed by atoms with Gasteiger partial charge < -0.3 is 5.73 Å². The van der Waals surface area contributed by atoms with Crippen molar-refractivity contribution in [3.8, 4) is 0 Å². The maximum Gasteiger partial charge on any atom is 0.117 e. The topological polar surface area (TPSA) is 51.8 Å². The molecule has 0 unspecified atom stereocenters. The maximum atomic E-state index is 5.30. The Morgan fingerprint density at radius 2 is 2.56 bits per heavy atom.